The van der Waals surface area contributed by atoms with Gasteiger partial charge in [-0.2, -0.15) is 0 Å². The summed E-state index contributed by atoms with van der Waals surface area (Å²) in [5.41, 5.74) is 4.31. The van der Waals surface area contributed by atoms with E-state index in [0.717, 1.165) is 44.9 Å². The lowest BCUT2D eigenvalue weighted by molar-refractivity contribution is 0.0378. The molecule has 1 aliphatic rings. The van der Waals surface area contributed by atoms with E-state index in [1.807, 2.05) is 26.0 Å². The van der Waals surface area contributed by atoms with Crippen LogP contribution in [-0.4, -0.2) is 48.1 Å². The summed E-state index contributed by atoms with van der Waals surface area (Å²) in [6.45, 7) is 10.8. The fourth-order valence-electron chi connectivity index (χ4n) is 4.19. The zero-order valence-corrected chi connectivity index (χ0v) is 20.9. The van der Waals surface area contributed by atoms with E-state index in [9.17, 15) is 4.79 Å². The van der Waals surface area contributed by atoms with Gasteiger partial charge in [-0.15, -0.1) is 0 Å². The van der Waals surface area contributed by atoms with Gasteiger partial charge in [-0.3, -0.25) is 4.90 Å². The monoisotopic (exact) mass is 473 g/mol. The maximum atomic E-state index is 12.5. The minimum absolute atomic E-state index is 0.156. The molecule has 0 N–H and O–H groups in total. The fraction of sp³-hybridized carbons (Fsp3) is 0.379. The molecule has 0 radical (unpaired) electrons. The summed E-state index contributed by atoms with van der Waals surface area (Å²) in [5.74, 6) is 1.28. The first-order chi connectivity index (χ1) is 17.0. The fourth-order valence-corrected chi connectivity index (χ4v) is 4.19. The van der Waals surface area contributed by atoms with Crippen molar-refractivity contribution in [2.45, 2.75) is 46.4 Å². The SMILES string of the molecule is CCc1ccc(COc2ccc(CN3CCN(c4ncccc4C(=O)OC(C)C)CC3)cc2)cc1. The summed E-state index contributed by atoms with van der Waals surface area (Å²) < 4.78 is 11.4. The Morgan fingerprint density at radius 1 is 0.914 bits per heavy atom. The zero-order valence-electron chi connectivity index (χ0n) is 20.9. The van der Waals surface area contributed by atoms with Gasteiger partial charge in [0.15, 0.2) is 0 Å². The molecule has 1 aliphatic heterocycles. The van der Waals surface area contributed by atoms with Crippen molar-refractivity contribution < 1.29 is 14.3 Å². The molecule has 0 atom stereocenters. The molecule has 2 aromatic carbocycles. The van der Waals surface area contributed by atoms with E-state index in [4.69, 9.17) is 9.47 Å². The van der Waals surface area contributed by atoms with Gasteiger partial charge in [-0.05, 0) is 61.2 Å². The van der Waals surface area contributed by atoms with Crippen LogP contribution in [-0.2, 0) is 24.3 Å². The maximum Gasteiger partial charge on any atom is 0.342 e. The third kappa shape index (κ3) is 6.83. The highest BCUT2D eigenvalue weighted by molar-refractivity contribution is 5.94. The normalized spacial score (nSPS) is 14.2. The molecule has 6 heteroatoms. The van der Waals surface area contributed by atoms with E-state index < -0.39 is 0 Å². The molecule has 1 saturated heterocycles. The van der Waals surface area contributed by atoms with Gasteiger partial charge in [0.2, 0.25) is 0 Å². The van der Waals surface area contributed by atoms with Gasteiger partial charge in [0.05, 0.1) is 6.10 Å². The number of aryl methyl sites for hydroxylation is 1. The molecule has 2 heterocycles. The Hall–Kier alpha value is -3.38. The quantitative estimate of drug-likeness (QED) is 0.403. The highest BCUT2D eigenvalue weighted by Crippen LogP contribution is 2.22. The summed E-state index contributed by atoms with van der Waals surface area (Å²) >= 11 is 0. The van der Waals surface area contributed by atoms with Gasteiger partial charge < -0.3 is 14.4 Å². The summed E-state index contributed by atoms with van der Waals surface area (Å²) in [7, 11) is 0. The van der Waals surface area contributed by atoms with Crippen molar-refractivity contribution >= 4 is 11.8 Å². The van der Waals surface area contributed by atoms with E-state index in [-0.39, 0.29) is 12.1 Å². The molecule has 1 aromatic heterocycles. The van der Waals surface area contributed by atoms with Gasteiger partial charge in [0, 0.05) is 38.9 Å². The van der Waals surface area contributed by atoms with Crippen LogP contribution in [0.5, 0.6) is 5.75 Å². The average Bonchev–Trinajstić information content (AvgIpc) is 2.89. The molecule has 0 unspecified atom stereocenters. The number of ether oxygens (including phenoxy) is 2. The number of benzene rings is 2. The van der Waals surface area contributed by atoms with Crippen LogP contribution in [0.25, 0.3) is 0 Å². The molecular formula is C29H35N3O3. The van der Waals surface area contributed by atoms with Gasteiger partial charge >= 0.3 is 5.97 Å². The molecule has 6 nitrogen and oxygen atoms in total. The van der Waals surface area contributed by atoms with Crippen molar-refractivity contribution in [1.29, 1.82) is 0 Å². The van der Waals surface area contributed by atoms with Crippen LogP contribution in [0.3, 0.4) is 0 Å². The van der Waals surface area contributed by atoms with Crippen molar-refractivity contribution in [3.8, 4) is 5.75 Å². The van der Waals surface area contributed by atoms with Crippen LogP contribution in [0.4, 0.5) is 5.82 Å². The second-order valence-electron chi connectivity index (χ2n) is 9.19. The van der Waals surface area contributed by atoms with E-state index in [1.165, 1.54) is 16.7 Å². The Morgan fingerprint density at radius 2 is 1.57 bits per heavy atom. The number of rotatable bonds is 9. The van der Waals surface area contributed by atoms with E-state index in [0.29, 0.717) is 18.0 Å². The number of carbonyl (C=O) groups excluding carboxylic acids is 1. The van der Waals surface area contributed by atoms with E-state index in [1.54, 1.807) is 18.3 Å². The van der Waals surface area contributed by atoms with Crippen molar-refractivity contribution in [3.63, 3.8) is 0 Å². The lowest BCUT2D eigenvalue weighted by Crippen LogP contribution is -2.46. The number of hydrogen-bond acceptors (Lipinski definition) is 6. The average molecular weight is 474 g/mol. The smallest absolute Gasteiger partial charge is 0.342 e. The summed E-state index contributed by atoms with van der Waals surface area (Å²) in [6.07, 6.45) is 2.63. The predicted molar refractivity (Wildman–Crippen MR) is 139 cm³/mol. The van der Waals surface area contributed by atoms with Crippen molar-refractivity contribution in [2.75, 3.05) is 31.1 Å². The lowest BCUT2D eigenvalue weighted by Gasteiger charge is -2.36. The van der Waals surface area contributed by atoms with E-state index in [2.05, 4.69) is 58.1 Å². The maximum absolute atomic E-state index is 12.5. The number of aromatic nitrogens is 1. The Balaban J connectivity index is 1.27. The highest BCUT2D eigenvalue weighted by Gasteiger charge is 2.23. The molecule has 0 amide bonds. The number of pyridine rings is 1. The molecule has 0 bridgehead atoms. The molecule has 3 aromatic rings. The third-order valence-electron chi connectivity index (χ3n) is 6.19. The van der Waals surface area contributed by atoms with Gasteiger partial charge in [0.1, 0.15) is 23.7 Å². The molecule has 184 valence electrons. The minimum Gasteiger partial charge on any atom is -0.489 e. The zero-order chi connectivity index (χ0) is 24.6. The number of anilines is 1. The highest BCUT2D eigenvalue weighted by atomic mass is 16.5. The largest absolute Gasteiger partial charge is 0.489 e. The second kappa shape index (κ2) is 11.8. The number of nitrogens with zero attached hydrogens (tertiary/aromatic N) is 3. The van der Waals surface area contributed by atoms with Crippen molar-refractivity contribution in [1.82, 2.24) is 9.88 Å². The lowest BCUT2D eigenvalue weighted by atomic mass is 10.1. The van der Waals surface area contributed by atoms with Crippen molar-refractivity contribution in [3.05, 3.63) is 89.1 Å². The van der Waals surface area contributed by atoms with Crippen molar-refractivity contribution in [2.24, 2.45) is 0 Å². The van der Waals surface area contributed by atoms with Crippen LogP contribution >= 0.6 is 0 Å². The Morgan fingerprint density at radius 3 is 2.23 bits per heavy atom. The number of esters is 1. The standard InChI is InChI=1S/C29H35N3O3/c1-4-23-7-9-25(10-8-23)21-34-26-13-11-24(12-14-26)20-31-16-18-32(19-17-31)28-27(6-5-15-30-28)29(33)35-22(2)3/h5-15,22H,4,16-21H2,1-3H3. The van der Waals surface area contributed by atoms with Crippen LogP contribution in [0.15, 0.2) is 66.9 Å². The molecule has 0 aliphatic carbocycles. The Bertz CT molecular complexity index is 1090. The predicted octanol–water partition coefficient (Wildman–Crippen LogP) is 5.11. The Labute approximate surface area is 208 Å². The third-order valence-corrected chi connectivity index (χ3v) is 6.19. The number of hydrogen-bond donors (Lipinski definition) is 0. The van der Waals surface area contributed by atoms with E-state index >= 15 is 0 Å². The molecule has 0 spiro atoms. The molecule has 0 saturated carbocycles. The topological polar surface area (TPSA) is 54.9 Å². The molecule has 4 rings (SSSR count). The first kappa shape index (κ1) is 24.7. The Kier molecular flexibility index (Phi) is 8.37. The summed E-state index contributed by atoms with van der Waals surface area (Å²) in [4.78, 5) is 21.6. The molecule has 35 heavy (non-hydrogen) atoms. The van der Waals surface area contributed by atoms with Crippen LogP contribution in [0.1, 0.15) is 47.8 Å². The van der Waals surface area contributed by atoms with Crippen LogP contribution < -0.4 is 9.64 Å². The van der Waals surface area contributed by atoms with Gasteiger partial charge in [-0.1, -0.05) is 43.3 Å². The first-order valence-electron chi connectivity index (χ1n) is 12.4. The molecular weight excluding hydrogens is 438 g/mol. The second-order valence-corrected chi connectivity index (χ2v) is 9.19. The van der Waals surface area contributed by atoms with Gasteiger partial charge in [0.25, 0.3) is 0 Å². The summed E-state index contributed by atoms with van der Waals surface area (Å²) in [6, 6.07) is 20.5. The number of piperazine rings is 1. The van der Waals surface area contributed by atoms with Gasteiger partial charge in [-0.25, -0.2) is 9.78 Å². The summed E-state index contributed by atoms with van der Waals surface area (Å²) in [5, 5.41) is 0. The van der Waals surface area contributed by atoms with Crippen LogP contribution in [0, 0.1) is 0 Å². The number of carbonyl (C=O) groups is 1. The molecule has 1 fully saturated rings. The first-order valence-corrected chi connectivity index (χ1v) is 12.4. The van der Waals surface area contributed by atoms with Crippen LogP contribution in [0.2, 0.25) is 0 Å². The minimum atomic E-state index is -0.314.